The summed E-state index contributed by atoms with van der Waals surface area (Å²) < 4.78 is 0. The number of aliphatic imine (C=N–C) groups is 1. The molecule has 1 N–H and O–H groups in total. The molecule has 1 aliphatic rings. The molecule has 1 aliphatic heterocycles. The lowest BCUT2D eigenvalue weighted by Crippen LogP contribution is -2.26. The number of fused-ring (bicyclic) bond motifs is 1. The number of carbonyl (C=O) groups excluding carboxylic acids is 1. The molecule has 1 aromatic rings. The zero-order chi connectivity index (χ0) is 18.8. The second-order valence-electron chi connectivity index (χ2n) is 6.05. The van der Waals surface area contributed by atoms with E-state index in [0.29, 0.717) is 17.5 Å². The van der Waals surface area contributed by atoms with Crippen LogP contribution < -0.4 is 5.32 Å². The van der Waals surface area contributed by atoms with Gasteiger partial charge in [0.25, 0.3) is 0 Å². The number of hydrogen-bond donors (Lipinski definition) is 1. The summed E-state index contributed by atoms with van der Waals surface area (Å²) in [6.07, 6.45) is 2.95. The standard InChI is InChI=1S/C12H12ClNS.C8H15NO/c1-3-10-8(2)15-11-7-5-4-6-9(11)12(13)14-10;1-4-5-8(10)9-6-7(2)3/h4-7H,3H2,1-2H3;4,7H,1,5-6H2,2-3H3,(H,9,10). The maximum absolute atomic E-state index is 10.8. The average molecular weight is 379 g/mol. The lowest BCUT2D eigenvalue weighted by molar-refractivity contribution is -0.120. The maximum atomic E-state index is 10.8. The third kappa shape index (κ3) is 7.49. The summed E-state index contributed by atoms with van der Waals surface area (Å²) in [6, 6.07) is 8.11. The van der Waals surface area contributed by atoms with E-state index in [1.54, 1.807) is 17.8 Å². The average Bonchev–Trinajstić information content (AvgIpc) is 2.70. The van der Waals surface area contributed by atoms with Gasteiger partial charge in [-0.3, -0.25) is 4.79 Å². The van der Waals surface area contributed by atoms with Crippen LogP contribution in [0.15, 0.2) is 57.4 Å². The first-order valence-electron chi connectivity index (χ1n) is 8.47. The number of amides is 1. The fourth-order valence-electron chi connectivity index (χ4n) is 2.06. The molecular weight excluding hydrogens is 352 g/mol. The van der Waals surface area contributed by atoms with Crippen molar-refractivity contribution in [1.82, 2.24) is 5.32 Å². The molecule has 3 nitrogen and oxygen atoms in total. The monoisotopic (exact) mass is 378 g/mol. The van der Waals surface area contributed by atoms with Gasteiger partial charge in [0.1, 0.15) is 5.17 Å². The van der Waals surface area contributed by atoms with Crippen molar-refractivity contribution in [3.8, 4) is 0 Å². The van der Waals surface area contributed by atoms with Crippen LogP contribution in [0.25, 0.3) is 0 Å². The molecule has 0 saturated heterocycles. The highest BCUT2D eigenvalue weighted by Crippen LogP contribution is 2.36. The summed E-state index contributed by atoms with van der Waals surface area (Å²) in [7, 11) is 0. The molecule has 1 aromatic carbocycles. The van der Waals surface area contributed by atoms with Crippen LogP contribution in [0.2, 0.25) is 0 Å². The molecule has 0 unspecified atom stereocenters. The number of allylic oxidation sites excluding steroid dienone is 2. The fourth-order valence-corrected chi connectivity index (χ4v) is 3.44. The van der Waals surface area contributed by atoms with Crippen LogP contribution >= 0.6 is 23.4 Å². The fraction of sp³-hybridized carbons (Fsp3) is 0.400. The summed E-state index contributed by atoms with van der Waals surface area (Å²) in [5, 5.41) is 3.38. The van der Waals surface area contributed by atoms with Gasteiger partial charge in [-0.2, -0.15) is 0 Å². The number of nitrogens with zero attached hydrogens (tertiary/aromatic N) is 1. The van der Waals surface area contributed by atoms with E-state index in [2.05, 4.69) is 50.6 Å². The molecule has 1 heterocycles. The Morgan fingerprint density at radius 1 is 1.40 bits per heavy atom. The van der Waals surface area contributed by atoms with E-state index in [0.717, 1.165) is 24.2 Å². The third-order valence-corrected chi connectivity index (χ3v) is 4.79. The van der Waals surface area contributed by atoms with Gasteiger partial charge in [-0.25, -0.2) is 4.99 Å². The minimum atomic E-state index is 0.0590. The van der Waals surface area contributed by atoms with Gasteiger partial charge in [-0.05, 0) is 25.3 Å². The number of benzene rings is 1. The Morgan fingerprint density at radius 2 is 2.08 bits per heavy atom. The smallest absolute Gasteiger partial charge is 0.223 e. The molecule has 2 rings (SSSR count). The first kappa shape index (κ1) is 21.5. The van der Waals surface area contributed by atoms with Gasteiger partial charge in [0.2, 0.25) is 5.91 Å². The maximum Gasteiger partial charge on any atom is 0.223 e. The van der Waals surface area contributed by atoms with Crippen molar-refractivity contribution in [1.29, 1.82) is 0 Å². The number of nitrogens with one attached hydrogen (secondary N) is 1. The molecule has 0 aliphatic carbocycles. The zero-order valence-electron chi connectivity index (χ0n) is 15.4. The van der Waals surface area contributed by atoms with Crippen molar-refractivity contribution in [2.75, 3.05) is 6.54 Å². The van der Waals surface area contributed by atoms with E-state index in [9.17, 15) is 4.79 Å². The van der Waals surface area contributed by atoms with Crippen LogP contribution in [-0.4, -0.2) is 17.6 Å². The first-order chi connectivity index (χ1) is 11.9. The largest absolute Gasteiger partial charge is 0.356 e. The van der Waals surface area contributed by atoms with E-state index in [4.69, 9.17) is 11.6 Å². The van der Waals surface area contributed by atoms with E-state index >= 15 is 0 Å². The zero-order valence-corrected chi connectivity index (χ0v) is 17.0. The molecule has 0 aromatic heterocycles. The first-order valence-corrected chi connectivity index (χ1v) is 9.67. The van der Waals surface area contributed by atoms with E-state index in [1.807, 2.05) is 18.2 Å². The Kier molecular flexibility index (Phi) is 9.61. The number of rotatable bonds is 5. The quantitative estimate of drug-likeness (QED) is 0.662. The predicted molar refractivity (Wildman–Crippen MR) is 110 cm³/mol. The van der Waals surface area contributed by atoms with Crippen LogP contribution in [0.1, 0.15) is 46.1 Å². The van der Waals surface area contributed by atoms with Gasteiger partial charge in [0.05, 0.1) is 5.70 Å². The van der Waals surface area contributed by atoms with Crippen molar-refractivity contribution in [2.24, 2.45) is 10.9 Å². The highest BCUT2D eigenvalue weighted by molar-refractivity contribution is 8.03. The van der Waals surface area contributed by atoms with Crippen LogP contribution in [0.5, 0.6) is 0 Å². The van der Waals surface area contributed by atoms with Crippen molar-refractivity contribution < 1.29 is 4.79 Å². The van der Waals surface area contributed by atoms with E-state index < -0.39 is 0 Å². The molecule has 136 valence electrons. The van der Waals surface area contributed by atoms with Crippen molar-refractivity contribution in [3.63, 3.8) is 0 Å². The molecule has 0 spiro atoms. The molecule has 1 amide bonds. The van der Waals surface area contributed by atoms with Crippen LogP contribution in [0.4, 0.5) is 0 Å². The normalized spacial score (nSPS) is 13.3. The Morgan fingerprint density at radius 3 is 2.68 bits per heavy atom. The highest BCUT2D eigenvalue weighted by atomic mass is 35.5. The van der Waals surface area contributed by atoms with Crippen molar-refractivity contribution in [3.05, 3.63) is 53.1 Å². The minimum Gasteiger partial charge on any atom is -0.356 e. The molecule has 0 bridgehead atoms. The van der Waals surface area contributed by atoms with Crippen molar-refractivity contribution in [2.45, 2.75) is 45.4 Å². The third-order valence-electron chi connectivity index (χ3n) is 3.38. The topological polar surface area (TPSA) is 41.5 Å². The molecule has 25 heavy (non-hydrogen) atoms. The van der Waals surface area contributed by atoms with Gasteiger partial charge in [-0.15, -0.1) is 6.58 Å². The summed E-state index contributed by atoms with van der Waals surface area (Å²) in [6.45, 7) is 12.5. The summed E-state index contributed by atoms with van der Waals surface area (Å²) in [5.74, 6) is 0.581. The Hall–Kier alpha value is -1.52. The Bertz CT molecular complexity index is 665. The van der Waals surface area contributed by atoms with Crippen LogP contribution in [-0.2, 0) is 4.79 Å². The SMILES string of the molecule is C=CCC(=O)NCC(C)C.CCC1=C(C)Sc2ccccc2C(Cl)=N1. The lowest BCUT2D eigenvalue weighted by Gasteiger charge is -2.04. The van der Waals surface area contributed by atoms with Crippen LogP contribution in [0.3, 0.4) is 0 Å². The Balaban J connectivity index is 0.000000275. The van der Waals surface area contributed by atoms with Gasteiger partial charge < -0.3 is 5.32 Å². The molecule has 0 atom stereocenters. The second kappa shape index (κ2) is 11.2. The summed E-state index contributed by atoms with van der Waals surface area (Å²) in [4.78, 5) is 17.6. The van der Waals surface area contributed by atoms with Crippen molar-refractivity contribution >= 4 is 34.4 Å². The molecule has 0 fully saturated rings. The molecule has 5 heteroatoms. The number of thioether (sulfide) groups is 1. The Labute approximate surface area is 160 Å². The molecule has 0 saturated carbocycles. The number of carbonyl (C=O) groups is 1. The minimum absolute atomic E-state index is 0.0590. The second-order valence-corrected chi connectivity index (χ2v) is 7.66. The predicted octanol–water partition coefficient (Wildman–Crippen LogP) is 5.75. The van der Waals surface area contributed by atoms with E-state index in [-0.39, 0.29) is 5.91 Å². The van der Waals surface area contributed by atoms with Gasteiger partial charge >= 0.3 is 0 Å². The van der Waals surface area contributed by atoms with Gasteiger partial charge in [-0.1, -0.05) is 68.4 Å². The number of hydrogen-bond acceptors (Lipinski definition) is 3. The highest BCUT2D eigenvalue weighted by Gasteiger charge is 2.14. The molecule has 0 radical (unpaired) electrons. The van der Waals surface area contributed by atoms with Gasteiger partial charge in [0, 0.05) is 28.3 Å². The van der Waals surface area contributed by atoms with Gasteiger partial charge in [0.15, 0.2) is 0 Å². The lowest BCUT2D eigenvalue weighted by atomic mass is 10.2. The molecular formula is C20H27ClN2OS. The van der Waals surface area contributed by atoms with Crippen LogP contribution in [0, 0.1) is 5.92 Å². The summed E-state index contributed by atoms with van der Waals surface area (Å²) >= 11 is 7.94. The van der Waals surface area contributed by atoms with E-state index in [1.165, 1.54) is 9.80 Å². The number of halogens is 1. The summed E-state index contributed by atoms with van der Waals surface area (Å²) in [5.41, 5.74) is 2.12.